The number of hydrogen-bond acceptors (Lipinski definition) is 7. The summed E-state index contributed by atoms with van der Waals surface area (Å²) >= 11 is 0. The van der Waals surface area contributed by atoms with Gasteiger partial charge in [0.2, 0.25) is 0 Å². The Bertz CT molecular complexity index is 1340. The van der Waals surface area contributed by atoms with Crippen molar-refractivity contribution in [2.24, 2.45) is 0 Å². The maximum atomic E-state index is 13.1. The number of rotatable bonds is 7. The fraction of sp³-hybridized carbons (Fsp3) is 0.308. The Morgan fingerprint density at radius 2 is 1.89 bits per heavy atom. The minimum atomic E-state index is -0.170. The van der Waals surface area contributed by atoms with E-state index < -0.39 is 0 Å². The number of anilines is 3. The van der Waals surface area contributed by atoms with Gasteiger partial charge in [-0.2, -0.15) is 5.10 Å². The number of carbonyl (C=O) groups is 1. The fourth-order valence-corrected chi connectivity index (χ4v) is 4.45. The van der Waals surface area contributed by atoms with Crippen LogP contribution in [0.3, 0.4) is 0 Å². The summed E-state index contributed by atoms with van der Waals surface area (Å²) in [6, 6.07) is 12.0. The van der Waals surface area contributed by atoms with Crippen molar-refractivity contribution in [1.29, 1.82) is 0 Å². The van der Waals surface area contributed by atoms with Crippen LogP contribution in [0.1, 0.15) is 34.3 Å². The van der Waals surface area contributed by atoms with Crippen molar-refractivity contribution in [3.63, 3.8) is 0 Å². The Kier molecular flexibility index (Phi) is 6.22. The summed E-state index contributed by atoms with van der Waals surface area (Å²) in [5.41, 5.74) is 8.50. The summed E-state index contributed by atoms with van der Waals surface area (Å²) in [5, 5.41) is 9.58. The minimum absolute atomic E-state index is 0.170. The molecule has 0 aliphatic carbocycles. The topological polar surface area (TPSA) is 105 Å². The molecule has 0 radical (unpaired) electrons. The van der Waals surface area contributed by atoms with Gasteiger partial charge < -0.3 is 20.9 Å². The van der Waals surface area contributed by atoms with E-state index in [1.54, 1.807) is 17.1 Å². The number of aromatic nitrogens is 4. The van der Waals surface area contributed by atoms with Gasteiger partial charge in [0.1, 0.15) is 17.2 Å². The second-order valence-corrected chi connectivity index (χ2v) is 9.11. The summed E-state index contributed by atoms with van der Waals surface area (Å²) in [6.07, 6.45) is 7.83. The summed E-state index contributed by atoms with van der Waals surface area (Å²) in [6.45, 7) is 3.08. The first-order valence-corrected chi connectivity index (χ1v) is 11.8. The Morgan fingerprint density at radius 1 is 1.09 bits per heavy atom. The third kappa shape index (κ3) is 4.89. The number of nitrogens with zero attached hydrogens (tertiary/aromatic N) is 6. The standard InChI is InChI=1S/C26H30N8O/c1-32(2)25-22(26(35)30-14-18-5-7-21-20(13-18)9-10-28-24(21)27)17-34(31-25)16-19-6-8-23(29-15-19)33-11-3-4-12-33/h5-10,13,15,17H,3-4,11-12,14,16H2,1-2H3,(H2,27,28)(H,30,35). The summed E-state index contributed by atoms with van der Waals surface area (Å²) in [7, 11) is 3.77. The molecule has 0 saturated carbocycles. The number of benzene rings is 1. The van der Waals surface area contributed by atoms with Crippen molar-refractivity contribution in [2.45, 2.75) is 25.9 Å². The number of pyridine rings is 2. The highest BCUT2D eigenvalue weighted by molar-refractivity contribution is 5.98. The zero-order valence-electron chi connectivity index (χ0n) is 20.1. The van der Waals surface area contributed by atoms with E-state index in [4.69, 9.17) is 5.73 Å². The molecule has 3 aromatic heterocycles. The normalized spacial score (nSPS) is 13.4. The predicted octanol–water partition coefficient (Wildman–Crippen LogP) is 3.05. The SMILES string of the molecule is CN(C)c1nn(Cc2ccc(N3CCCC3)nc2)cc1C(=O)NCc1ccc2c(N)nccc2c1. The van der Waals surface area contributed by atoms with Crippen molar-refractivity contribution >= 4 is 34.1 Å². The molecule has 1 fully saturated rings. The maximum absolute atomic E-state index is 13.1. The summed E-state index contributed by atoms with van der Waals surface area (Å²) in [5.74, 6) is 1.98. The second kappa shape index (κ2) is 9.61. The van der Waals surface area contributed by atoms with Crippen LogP contribution in [-0.4, -0.2) is 52.8 Å². The molecular weight excluding hydrogens is 440 g/mol. The Balaban J connectivity index is 1.28. The fourth-order valence-electron chi connectivity index (χ4n) is 4.45. The molecule has 0 atom stereocenters. The predicted molar refractivity (Wildman–Crippen MR) is 139 cm³/mol. The number of nitrogen functional groups attached to an aromatic ring is 1. The van der Waals surface area contributed by atoms with E-state index in [0.717, 1.165) is 40.8 Å². The zero-order chi connectivity index (χ0) is 24.4. The van der Waals surface area contributed by atoms with Gasteiger partial charge in [-0.1, -0.05) is 18.2 Å². The summed E-state index contributed by atoms with van der Waals surface area (Å²) in [4.78, 5) is 26.0. The Labute approximate surface area is 204 Å². The number of nitrogens with one attached hydrogen (secondary N) is 1. The molecule has 5 rings (SSSR count). The van der Waals surface area contributed by atoms with E-state index in [1.807, 2.05) is 49.5 Å². The molecule has 1 aromatic carbocycles. The van der Waals surface area contributed by atoms with E-state index >= 15 is 0 Å². The van der Waals surface area contributed by atoms with Crippen molar-refractivity contribution in [1.82, 2.24) is 25.1 Å². The third-order valence-electron chi connectivity index (χ3n) is 6.31. The lowest BCUT2D eigenvalue weighted by Crippen LogP contribution is -2.24. The highest BCUT2D eigenvalue weighted by Crippen LogP contribution is 2.22. The molecule has 180 valence electrons. The lowest BCUT2D eigenvalue weighted by atomic mass is 10.1. The van der Waals surface area contributed by atoms with Crippen LogP contribution in [-0.2, 0) is 13.1 Å². The van der Waals surface area contributed by atoms with Gasteiger partial charge in [-0.05, 0) is 47.6 Å². The smallest absolute Gasteiger partial charge is 0.256 e. The first-order chi connectivity index (χ1) is 17.0. The van der Waals surface area contributed by atoms with E-state index in [9.17, 15) is 4.79 Å². The molecule has 1 saturated heterocycles. The average Bonchev–Trinajstić information content (AvgIpc) is 3.54. The third-order valence-corrected chi connectivity index (χ3v) is 6.31. The van der Waals surface area contributed by atoms with Crippen LogP contribution in [0, 0.1) is 0 Å². The molecule has 1 aliphatic rings. The van der Waals surface area contributed by atoms with E-state index in [2.05, 4.69) is 37.4 Å². The molecular formula is C26H30N8O. The van der Waals surface area contributed by atoms with Gasteiger partial charge in [0.05, 0.1) is 6.54 Å². The lowest BCUT2D eigenvalue weighted by Gasteiger charge is -2.16. The molecule has 3 N–H and O–H groups in total. The van der Waals surface area contributed by atoms with Crippen LogP contribution in [0.4, 0.5) is 17.5 Å². The van der Waals surface area contributed by atoms with Crippen molar-refractivity contribution < 1.29 is 4.79 Å². The highest BCUT2D eigenvalue weighted by atomic mass is 16.1. The van der Waals surface area contributed by atoms with Crippen molar-refractivity contribution in [3.8, 4) is 0 Å². The number of fused-ring (bicyclic) bond motifs is 1. The first kappa shape index (κ1) is 22.6. The van der Waals surface area contributed by atoms with Gasteiger partial charge in [0.25, 0.3) is 5.91 Å². The molecule has 9 heteroatoms. The van der Waals surface area contributed by atoms with E-state index in [-0.39, 0.29) is 5.91 Å². The number of nitrogens with two attached hydrogens (primary N) is 1. The quantitative estimate of drug-likeness (QED) is 0.428. The molecule has 35 heavy (non-hydrogen) atoms. The summed E-state index contributed by atoms with van der Waals surface area (Å²) < 4.78 is 1.79. The monoisotopic (exact) mass is 470 g/mol. The molecule has 0 unspecified atom stereocenters. The van der Waals surface area contributed by atoms with Crippen LogP contribution in [0.2, 0.25) is 0 Å². The lowest BCUT2D eigenvalue weighted by molar-refractivity contribution is 0.0951. The largest absolute Gasteiger partial charge is 0.383 e. The van der Waals surface area contributed by atoms with Gasteiger partial charge in [0.15, 0.2) is 5.82 Å². The highest BCUT2D eigenvalue weighted by Gasteiger charge is 2.19. The van der Waals surface area contributed by atoms with Crippen LogP contribution in [0.25, 0.3) is 10.8 Å². The van der Waals surface area contributed by atoms with Crippen LogP contribution in [0.15, 0.2) is 55.0 Å². The molecule has 1 amide bonds. The molecule has 0 spiro atoms. The van der Waals surface area contributed by atoms with Gasteiger partial charge >= 0.3 is 0 Å². The van der Waals surface area contributed by atoms with Gasteiger partial charge in [0, 0.05) is 57.7 Å². The number of carbonyl (C=O) groups excluding carboxylic acids is 1. The number of amides is 1. The Hall–Kier alpha value is -4.14. The Morgan fingerprint density at radius 3 is 2.63 bits per heavy atom. The average molecular weight is 471 g/mol. The molecule has 9 nitrogen and oxygen atoms in total. The van der Waals surface area contributed by atoms with Crippen LogP contribution < -0.4 is 20.9 Å². The van der Waals surface area contributed by atoms with Crippen molar-refractivity contribution in [3.05, 3.63) is 71.7 Å². The van der Waals surface area contributed by atoms with E-state index in [1.165, 1.54) is 12.8 Å². The second-order valence-electron chi connectivity index (χ2n) is 9.11. The van der Waals surface area contributed by atoms with Crippen LogP contribution >= 0.6 is 0 Å². The van der Waals surface area contributed by atoms with E-state index in [0.29, 0.717) is 30.3 Å². The van der Waals surface area contributed by atoms with Gasteiger partial charge in [-0.15, -0.1) is 0 Å². The molecule has 4 aromatic rings. The minimum Gasteiger partial charge on any atom is -0.383 e. The zero-order valence-corrected chi connectivity index (χ0v) is 20.1. The maximum Gasteiger partial charge on any atom is 0.256 e. The molecule has 4 heterocycles. The van der Waals surface area contributed by atoms with Gasteiger partial charge in [-0.25, -0.2) is 9.97 Å². The van der Waals surface area contributed by atoms with Gasteiger partial charge in [-0.3, -0.25) is 9.48 Å². The molecule has 0 bridgehead atoms. The van der Waals surface area contributed by atoms with Crippen LogP contribution in [0.5, 0.6) is 0 Å². The first-order valence-electron chi connectivity index (χ1n) is 11.8. The van der Waals surface area contributed by atoms with Crippen molar-refractivity contribution in [2.75, 3.05) is 42.7 Å². The molecule has 1 aliphatic heterocycles. The number of hydrogen-bond donors (Lipinski definition) is 2.